The molecule has 2 rings (SSSR count). The summed E-state index contributed by atoms with van der Waals surface area (Å²) in [4.78, 5) is 0. The lowest BCUT2D eigenvalue weighted by molar-refractivity contribution is 0.537. The first-order valence-electron chi connectivity index (χ1n) is 4.66. The van der Waals surface area contributed by atoms with Gasteiger partial charge in [0.1, 0.15) is 11.5 Å². The molecule has 0 unspecified atom stereocenters. The molecule has 1 radical (unpaired) electrons. The van der Waals surface area contributed by atoms with Crippen LogP contribution in [0.25, 0.3) is 0 Å². The molecule has 0 atom stereocenters. The second-order valence-corrected chi connectivity index (χ2v) is 3.08. The first kappa shape index (κ1) is 8.48. The molecule has 0 saturated heterocycles. The average Bonchev–Trinajstić information content (AvgIpc) is 2.64. The van der Waals surface area contributed by atoms with Crippen LogP contribution < -0.4 is 9.31 Å². The summed E-state index contributed by atoms with van der Waals surface area (Å²) in [5, 5.41) is 0. The van der Waals surface area contributed by atoms with Crippen LogP contribution in [0.3, 0.4) is 0 Å². The molecule has 67 valence electrons. The SMILES string of the molecule is CCc1ccc(CC)c2c1O[B]O2. The van der Waals surface area contributed by atoms with Gasteiger partial charge in [-0.05, 0) is 24.0 Å². The molecule has 0 amide bonds. The lowest BCUT2D eigenvalue weighted by atomic mass is 10.1. The van der Waals surface area contributed by atoms with Crippen LogP contribution in [0, 0.1) is 0 Å². The van der Waals surface area contributed by atoms with Crippen LogP contribution in [0.4, 0.5) is 0 Å². The van der Waals surface area contributed by atoms with Crippen molar-refractivity contribution in [2.45, 2.75) is 26.7 Å². The Hall–Kier alpha value is -1.12. The molecule has 0 bridgehead atoms. The molecule has 1 aliphatic heterocycles. The van der Waals surface area contributed by atoms with E-state index in [2.05, 4.69) is 26.0 Å². The summed E-state index contributed by atoms with van der Waals surface area (Å²) in [5.41, 5.74) is 2.42. The number of rotatable bonds is 2. The van der Waals surface area contributed by atoms with Gasteiger partial charge in [-0.3, -0.25) is 0 Å². The van der Waals surface area contributed by atoms with Crippen LogP contribution in [0.5, 0.6) is 11.5 Å². The van der Waals surface area contributed by atoms with E-state index >= 15 is 0 Å². The van der Waals surface area contributed by atoms with Gasteiger partial charge in [-0.2, -0.15) is 0 Å². The largest absolute Gasteiger partial charge is 0.658 e. The molecule has 0 fully saturated rings. The molecule has 0 spiro atoms. The fourth-order valence-corrected chi connectivity index (χ4v) is 1.58. The maximum atomic E-state index is 5.32. The van der Waals surface area contributed by atoms with Crippen molar-refractivity contribution in [2.75, 3.05) is 0 Å². The molecule has 0 aromatic heterocycles. The molecule has 0 aliphatic carbocycles. The Morgan fingerprint density at radius 1 is 1.00 bits per heavy atom. The van der Waals surface area contributed by atoms with Gasteiger partial charge in [0.2, 0.25) is 0 Å². The maximum absolute atomic E-state index is 5.32. The third-order valence-corrected chi connectivity index (χ3v) is 2.37. The first-order chi connectivity index (χ1) is 6.36. The molecule has 3 heteroatoms. The lowest BCUT2D eigenvalue weighted by Crippen LogP contribution is -2.00. The van der Waals surface area contributed by atoms with E-state index in [9.17, 15) is 0 Å². The molecular weight excluding hydrogens is 163 g/mol. The fourth-order valence-electron chi connectivity index (χ4n) is 1.58. The van der Waals surface area contributed by atoms with Gasteiger partial charge in [-0.25, -0.2) is 0 Å². The van der Waals surface area contributed by atoms with Crippen LogP contribution in [0.1, 0.15) is 25.0 Å². The first-order valence-corrected chi connectivity index (χ1v) is 4.66. The van der Waals surface area contributed by atoms with Crippen molar-refractivity contribution in [2.24, 2.45) is 0 Å². The predicted octanol–water partition coefficient (Wildman–Crippen LogP) is 2.12. The molecule has 1 aromatic rings. The van der Waals surface area contributed by atoms with E-state index in [4.69, 9.17) is 9.31 Å². The maximum Gasteiger partial charge on any atom is 0.658 e. The van der Waals surface area contributed by atoms with Crippen LogP contribution >= 0.6 is 0 Å². The quantitative estimate of drug-likeness (QED) is 0.641. The average molecular weight is 175 g/mol. The third-order valence-electron chi connectivity index (χ3n) is 2.37. The van der Waals surface area contributed by atoms with Gasteiger partial charge < -0.3 is 9.31 Å². The minimum Gasteiger partial charge on any atom is -0.523 e. The van der Waals surface area contributed by atoms with Crippen molar-refractivity contribution < 1.29 is 9.31 Å². The van der Waals surface area contributed by atoms with Gasteiger partial charge in [0.05, 0.1) is 0 Å². The van der Waals surface area contributed by atoms with Crippen LogP contribution in [-0.4, -0.2) is 7.69 Å². The monoisotopic (exact) mass is 175 g/mol. The Morgan fingerprint density at radius 2 is 1.46 bits per heavy atom. The lowest BCUT2D eigenvalue weighted by Gasteiger charge is -2.08. The van der Waals surface area contributed by atoms with Crippen molar-refractivity contribution in [3.63, 3.8) is 0 Å². The van der Waals surface area contributed by atoms with E-state index in [1.165, 1.54) is 18.8 Å². The minimum absolute atomic E-state index is 0.904. The molecule has 1 aromatic carbocycles. The molecule has 13 heavy (non-hydrogen) atoms. The predicted molar refractivity (Wildman–Crippen MR) is 52.2 cm³/mol. The molecule has 1 aliphatic rings. The zero-order chi connectivity index (χ0) is 9.26. The number of benzene rings is 1. The number of hydrogen-bond acceptors (Lipinski definition) is 2. The molecule has 0 N–H and O–H groups in total. The summed E-state index contributed by atoms with van der Waals surface area (Å²) in [7, 11) is 1.41. The van der Waals surface area contributed by atoms with Gasteiger partial charge in [0.25, 0.3) is 0 Å². The van der Waals surface area contributed by atoms with Crippen molar-refractivity contribution in [3.8, 4) is 11.5 Å². The highest BCUT2D eigenvalue weighted by atomic mass is 16.6. The van der Waals surface area contributed by atoms with Gasteiger partial charge >= 0.3 is 7.69 Å². The zero-order valence-corrected chi connectivity index (χ0v) is 7.96. The van der Waals surface area contributed by atoms with E-state index in [1.54, 1.807) is 0 Å². The van der Waals surface area contributed by atoms with Crippen LogP contribution in [0.2, 0.25) is 0 Å². The Balaban J connectivity index is 2.52. The second-order valence-electron chi connectivity index (χ2n) is 3.08. The molecular formula is C10H12BO2. The number of fused-ring (bicyclic) bond motifs is 1. The highest BCUT2D eigenvalue weighted by Gasteiger charge is 2.22. The van der Waals surface area contributed by atoms with E-state index in [0.29, 0.717) is 0 Å². The van der Waals surface area contributed by atoms with E-state index < -0.39 is 0 Å². The number of hydrogen-bond donors (Lipinski definition) is 0. The van der Waals surface area contributed by atoms with Crippen LogP contribution in [-0.2, 0) is 12.8 Å². The summed E-state index contributed by atoms with van der Waals surface area (Å²) in [6.07, 6.45) is 1.95. The standard InChI is InChI=1S/C10H12BO2/c1-3-7-5-6-8(4-2)10-9(7)12-11-13-10/h5-6H,3-4H2,1-2H3. The smallest absolute Gasteiger partial charge is 0.523 e. The molecule has 2 nitrogen and oxygen atoms in total. The third kappa shape index (κ3) is 1.28. The minimum atomic E-state index is 0.904. The number of aryl methyl sites for hydroxylation is 2. The summed E-state index contributed by atoms with van der Waals surface area (Å²) in [5.74, 6) is 1.81. The van der Waals surface area contributed by atoms with Gasteiger partial charge in [0.15, 0.2) is 0 Å². The zero-order valence-electron chi connectivity index (χ0n) is 7.96. The topological polar surface area (TPSA) is 18.5 Å². The molecule has 1 heterocycles. The van der Waals surface area contributed by atoms with Gasteiger partial charge in [-0.1, -0.05) is 26.0 Å². The van der Waals surface area contributed by atoms with E-state index in [1.807, 2.05) is 0 Å². The van der Waals surface area contributed by atoms with Crippen molar-refractivity contribution in [1.82, 2.24) is 0 Å². The van der Waals surface area contributed by atoms with E-state index in [0.717, 1.165) is 24.3 Å². The fraction of sp³-hybridized carbons (Fsp3) is 0.400. The Bertz CT molecular complexity index is 292. The van der Waals surface area contributed by atoms with Gasteiger partial charge in [-0.15, -0.1) is 0 Å². The van der Waals surface area contributed by atoms with Crippen molar-refractivity contribution >= 4 is 7.69 Å². The summed E-state index contributed by atoms with van der Waals surface area (Å²) in [6.45, 7) is 4.23. The summed E-state index contributed by atoms with van der Waals surface area (Å²) in [6, 6.07) is 4.22. The van der Waals surface area contributed by atoms with E-state index in [-0.39, 0.29) is 0 Å². The molecule has 0 saturated carbocycles. The van der Waals surface area contributed by atoms with Crippen molar-refractivity contribution in [3.05, 3.63) is 23.3 Å². The summed E-state index contributed by atoms with van der Waals surface area (Å²) >= 11 is 0. The van der Waals surface area contributed by atoms with Crippen molar-refractivity contribution in [1.29, 1.82) is 0 Å². The van der Waals surface area contributed by atoms with Gasteiger partial charge in [0, 0.05) is 0 Å². The Kier molecular flexibility index (Phi) is 2.17. The second kappa shape index (κ2) is 3.33. The Morgan fingerprint density at radius 3 is 1.85 bits per heavy atom. The highest BCUT2D eigenvalue weighted by Crippen LogP contribution is 2.38. The summed E-state index contributed by atoms with van der Waals surface area (Å²) < 4.78 is 10.6. The Labute approximate surface area is 79.2 Å². The van der Waals surface area contributed by atoms with Crippen LogP contribution in [0.15, 0.2) is 12.1 Å². The normalized spacial score (nSPS) is 12.8. The highest BCUT2D eigenvalue weighted by molar-refractivity contribution is 6.23.